The number of aliphatic hydroxyl groups excluding tert-OH is 1. The zero-order valence-electron chi connectivity index (χ0n) is 16.4. The number of imidazole rings is 1. The molecule has 164 valence electrons. The van der Waals surface area contributed by atoms with Crippen LogP contribution in [0.5, 0.6) is 5.75 Å². The molecule has 0 aliphatic rings. The van der Waals surface area contributed by atoms with Crippen LogP contribution >= 0.6 is 0 Å². The van der Waals surface area contributed by atoms with Crippen molar-refractivity contribution < 1.29 is 32.5 Å². The van der Waals surface area contributed by atoms with E-state index in [0.717, 1.165) is 12.3 Å². The van der Waals surface area contributed by atoms with Crippen LogP contribution in [0.15, 0.2) is 49.1 Å². The van der Waals surface area contributed by atoms with Crippen LogP contribution in [0.3, 0.4) is 0 Å². The van der Waals surface area contributed by atoms with Gasteiger partial charge in [-0.1, -0.05) is 0 Å². The summed E-state index contributed by atoms with van der Waals surface area (Å²) in [6, 6.07) is 6.60. The average molecular weight is 436 g/mol. The molecule has 8 nitrogen and oxygen atoms in total. The zero-order valence-corrected chi connectivity index (χ0v) is 16.4. The van der Waals surface area contributed by atoms with Crippen molar-refractivity contribution in [3.63, 3.8) is 0 Å². The number of anilines is 1. The number of methoxy groups -OCH3 is 1. The van der Waals surface area contributed by atoms with Gasteiger partial charge in [0, 0.05) is 30.6 Å². The molecular weight excluding hydrogens is 417 g/mol. The van der Waals surface area contributed by atoms with E-state index in [1.807, 2.05) is 0 Å². The van der Waals surface area contributed by atoms with E-state index in [4.69, 9.17) is 9.47 Å². The maximum absolute atomic E-state index is 12.9. The van der Waals surface area contributed by atoms with Crippen molar-refractivity contribution in [2.24, 2.45) is 0 Å². The van der Waals surface area contributed by atoms with Crippen molar-refractivity contribution in [1.29, 1.82) is 0 Å². The van der Waals surface area contributed by atoms with Gasteiger partial charge in [0.1, 0.15) is 18.1 Å². The molecule has 2 aromatic heterocycles. The van der Waals surface area contributed by atoms with Gasteiger partial charge in [0.2, 0.25) is 0 Å². The Morgan fingerprint density at radius 2 is 2.03 bits per heavy atom. The van der Waals surface area contributed by atoms with Crippen LogP contribution < -0.4 is 10.1 Å². The van der Waals surface area contributed by atoms with E-state index in [1.165, 1.54) is 37.8 Å². The standard InChI is InChI=1S/C20H19F3N4O4/c1-30-4-5-31-17-7-13(6-15(9-17)27-12-24-10-16(27)11-28)19(29)26-14-2-3-25-18(8-14)20(21,22)23/h2-3,6-10,12,28H,4-5,11H2,1H3,(H,25,26,29). The molecule has 0 aliphatic heterocycles. The van der Waals surface area contributed by atoms with Crippen LogP contribution in [-0.4, -0.2) is 45.9 Å². The summed E-state index contributed by atoms with van der Waals surface area (Å²) in [5.74, 6) is -0.313. The van der Waals surface area contributed by atoms with Crippen LogP contribution in [0.2, 0.25) is 0 Å². The highest BCUT2D eigenvalue weighted by atomic mass is 19.4. The molecule has 0 radical (unpaired) electrons. The number of aliphatic hydroxyl groups is 1. The molecule has 2 heterocycles. The molecule has 1 aromatic carbocycles. The molecular formula is C20H19F3N4O4. The summed E-state index contributed by atoms with van der Waals surface area (Å²) < 4.78 is 50.8. The Morgan fingerprint density at radius 3 is 2.74 bits per heavy atom. The van der Waals surface area contributed by atoms with Gasteiger partial charge in [-0.25, -0.2) is 4.98 Å². The third kappa shape index (κ3) is 5.58. The van der Waals surface area contributed by atoms with Crippen molar-refractivity contribution in [2.45, 2.75) is 12.8 Å². The molecule has 2 N–H and O–H groups in total. The van der Waals surface area contributed by atoms with Crippen molar-refractivity contribution >= 4 is 11.6 Å². The number of benzene rings is 1. The van der Waals surface area contributed by atoms with Crippen molar-refractivity contribution in [3.05, 3.63) is 66.0 Å². The van der Waals surface area contributed by atoms with Crippen LogP contribution in [0.4, 0.5) is 18.9 Å². The number of hydrogen-bond acceptors (Lipinski definition) is 6. The Labute approximate surface area is 175 Å². The first-order chi connectivity index (χ1) is 14.8. The van der Waals surface area contributed by atoms with E-state index >= 15 is 0 Å². The third-order valence-electron chi connectivity index (χ3n) is 4.17. The van der Waals surface area contributed by atoms with Gasteiger partial charge in [0.15, 0.2) is 0 Å². The number of pyridine rings is 1. The number of halogens is 3. The molecule has 0 saturated carbocycles. The number of carbonyl (C=O) groups is 1. The Balaban J connectivity index is 1.92. The first kappa shape index (κ1) is 22.2. The topological polar surface area (TPSA) is 98.5 Å². The van der Waals surface area contributed by atoms with E-state index in [-0.39, 0.29) is 24.5 Å². The van der Waals surface area contributed by atoms with Crippen molar-refractivity contribution in [2.75, 3.05) is 25.6 Å². The molecule has 0 unspecified atom stereocenters. The fourth-order valence-corrected chi connectivity index (χ4v) is 2.72. The van der Waals surface area contributed by atoms with E-state index in [1.54, 1.807) is 10.6 Å². The largest absolute Gasteiger partial charge is 0.491 e. The second-order valence-electron chi connectivity index (χ2n) is 6.35. The number of nitrogens with zero attached hydrogens (tertiary/aromatic N) is 3. The summed E-state index contributed by atoms with van der Waals surface area (Å²) in [5, 5.41) is 11.9. The molecule has 31 heavy (non-hydrogen) atoms. The minimum Gasteiger partial charge on any atom is -0.491 e. The number of carbonyl (C=O) groups excluding carboxylic acids is 1. The molecule has 0 spiro atoms. The number of hydrogen-bond donors (Lipinski definition) is 2. The maximum Gasteiger partial charge on any atom is 0.433 e. The number of nitrogens with one attached hydrogen (secondary N) is 1. The second-order valence-corrected chi connectivity index (χ2v) is 6.35. The Bertz CT molecular complexity index is 1050. The van der Waals surface area contributed by atoms with E-state index in [0.29, 0.717) is 23.7 Å². The molecule has 11 heteroatoms. The monoisotopic (exact) mass is 436 g/mol. The summed E-state index contributed by atoms with van der Waals surface area (Å²) in [6.45, 7) is 0.251. The number of alkyl halides is 3. The highest BCUT2D eigenvalue weighted by Crippen LogP contribution is 2.29. The van der Waals surface area contributed by atoms with Gasteiger partial charge >= 0.3 is 6.18 Å². The van der Waals surface area contributed by atoms with Gasteiger partial charge in [-0.15, -0.1) is 0 Å². The highest BCUT2D eigenvalue weighted by molar-refractivity contribution is 6.04. The fraction of sp³-hybridized carbons (Fsp3) is 0.250. The summed E-state index contributed by atoms with van der Waals surface area (Å²) in [4.78, 5) is 20.0. The highest BCUT2D eigenvalue weighted by Gasteiger charge is 2.32. The smallest absolute Gasteiger partial charge is 0.433 e. The van der Waals surface area contributed by atoms with Crippen LogP contribution in [0, 0.1) is 0 Å². The molecule has 0 bridgehead atoms. The Morgan fingerprint density at radius 1 is 1.23 bits per heavy atom. The summed E-state index contributed by atoms with van der Waals surface area (Å²) in [5.41, 5.74) is -0.0866. The van der Waals surface area contributed by atoms with Gasteiger partial charge < -0.3 is 24.5 Å². The molecule has 3 rings (SSSR count). The molecule has 0 fully saturated rings. The lowest BCUT2D eigenvalue weighted by Crippen LogP contribution is -2.15. The van der Waals surface area contributed by atoms with Gasteiger partial charge in [-0.2, -0.15) is 13.2 Å². The van der Waals surface area contributed by atoms with Crippen molar-refractivity contribution in [1.82, 2.24) is 14.5 Å². The van der Waals surface area contributed by atoms with E-state index in [2.05, 4.69) is 15.3 Å². The number of amides is 1. The van der Waals surface area contributed by atoms with Gasteiger partial charge in [-0.3, -0.25) is 9.78 Å². The lowest BCUT2D eigenvalue weighted by atomic mass is 10.1. The quantitative estimate of drug-likeness (QED) is 0.527. The lowest BCUT2D eigenvalue weighted by Gasteiger charge is -2.14. The van der Waals surface area contributed by atoms with Crippen LogP contribution in [0.25, 0.3) is 5.69 Å². The molecule has 0 saturated heterocycles. The summed E-state index contributed by atoms with van der Waals surface area (Å²) in [6.07, 6.45) is -0.744. The third-order valence-corrected chi connectivity index (χ3v) is 4.17. The maximum atomic E-state index is 12.9. The Kier molecular flexibility index (Phi) is 6.88. The second kappa shape index (κ2) is 9.58. The predicted molar refractivity (Wildman–Crippen MR) is 104 cm³/mol. The normalized spacial score (nSPS) is 11.4. The number of ether oxygens (including phenoxy) is 2. The fourth-order valence-electron chi connectivity index (χ4n) is 2.72. The lowest BCUT2D eigenvalue weighted by molar-refractivity contribution is -0.141. The predicted octanol–water partition coefficient (Wildman–Crippen LogP) is 3.06. The number of aromatic nitrogens is 3. The minimum absolute atomic E-state index is 0.0572. The summed E-state index contributed by atoms with van der Waals surface area (Å²) >= 11 is 0. The molecule has 0 atom stereocenters. The molecule has 1 amide bonds. The van der Waals surface area contributed by atoms with Gasteiger partial charge in [0.05, 0.1) is 37.1 Å². The molecule has 3 aromatic rings. The van der Waals surface area contributed by atoms with Crippen molar-refractivity contribution in [3.8, 4) is 11.4 Å². The number of rotatable bonds is 8. The van der Waals surface area contributed by atoms with Gasteiger partial charge in [0.25, 0.3) is 5.91 Å². The minimum atomic E-state index is -4.63. The van der Waals surface area contributed by atoms with Crippen LogP contribution in [0.1, 0.15) is 21.7 Å². The SMILES string of the molecule is COCCOc1cc(C(=O)Nc2ccnc(C(F)(F)F)c2)cc(-n2cncc2CO)c1. The molecule has 0 aliphatic carbocycles. The van der Waals surface area contributed by atoms with Crippen LogP contribution in [-0.2, 0) is 17.5 Å². The van der Waals surface area contributed by atoms with Gasteiger partial charge in [-0.05, 0) is 24.3 Å². The first-order valence-corrected chi connectivity index (χ1v) is 9.05. The Hall–Kier alpha value is -3.44. The average Bonchev–Trinajstić information content (AvgIpc) is 3.22. The first-order valence-electron chi connectivity index (χ1n) is 9.05. The van der Waals surface area contributed by atoms with E-state index < -0.39 is 17.8 Å². The zero-order chi connectivity index (χ0) is 22.4. The van der Waals surface area contributed by atoms with E-state index in [9.17, 15) is 23.1 Å². The summed E-state index contributed by atoms with van der Waals surface area (Å²) in [7, 11) is 1.52.